The Morgan fingerprint density at radius 1 is 1.03 bits per heavy atom. The molecule has 2 aliphatic rings. The first-order chi connectivity index (χ1) is 14.3. The summed E-state index contributed by atoms with van der Waals surface area (Å²) >= 11 is 0. The number of pyridine rings is 1. The second-order valence-corrected chi connectivity index (χ2v) is 8.79. The summed E-state index contributed by atoms with van der Waals surface area (Å²) < 4.78 is 26.7. The predicted molar refractivity (Wildman–Crippen MR) is 103 cm³/mol. The van der Waals surface area contributed by atoms with Gasteiger partial charge >= 0.3 is 0 Å². The molecule has 2 amide bonds. The maximum Gasteiger partial charge on any atom is 0.282 e. The molecule has 1 aromatic carbocycles. The van der Waals surface area contributed by atoms with Crippen molar-refractivity contribution in [3.8, 4) is 0 Å². The summed E-state index contributed by atoms with van der Waals surface area (Å²) in [5.74, 6) is -1.31. The number of aromatic nitrogens is 1. The Balaban J connectivity index is 1.45. The lowest BCUT2D eigenvalue weighted by molar-refractivity contribution is -0.385. The van der Waals surface area contributed by atoms with Gasteiger partial charge in [0.1, 0.15) is 10.5 Å². The first kappa shape index (κ1) is 20.1. The van der Waals surface area contributed by atoms with Gasteiger partial charge in [0.25, 0.3) is 17.5 Å². The van der Waals surface area contributed by atoms with E-state index in [1.807, 2.05) is 0 Å². The fourth-order valence-corrected chi connectivity index (χ4v) is 4.94. The summed E-state index contributed by atoms with van der Waals surface area (Å²) in [6.07, 6.45) is 2.77. The van der Waals surface area contributed by atoms with Gasteiger partial charge in [-0.3, -0.25) is 34.5 Å². The van der Waals surface area contributed by atoms with Crippen LogP contribution in [-0.4, -0.2) is 77.1 Å². The lowest BCUT2D eigenvalue weighted by Crippen LogP contribution is -2.52. The number of imide groups is 1. The van der Waals surface area contributed by atoms with Crippen LogP contribution in [-0.2, 0) is 10.0 Å². The highest BCUT2D eigenvalue weighted by molar-refractivity contribution is 7.89. The molecule has 0 radical (unpaired) electrons. The molecule has 30 heavy (non-hydrogen) atoms. The lowest BCUT2D eigenvalue weighted by Gasteiger charge is -2.35. The number of hydrogen-bond donors (Lipinski definition) is 0. The molecule has 0 spiro atoms. The zero-order valence-corrected chi connectivity index (χ0v) is 16.5. The highest BCUT2D eigenvalue weighted by atomic mass is 32.2. The van der Waals surface area contributed by atoms with Crippen molar-refractivity contribution in [1.82, 2.24) is 19.1 Å². The van der Waals surface area contributed by atoms with Crippen LogP contribution >= 0.6 is 0 Å². The van der Waals surface area contributed by atoms with E-state index in [9.17, 15) is 28.1 Å². The van der Waals surface area contributed by atoms with Gasteiger partial charge in [0.15, 0.2) is 0 Å². The summed E-state index contributed by atoms with van der Waals surface area (Å²) in [4.78, 5) is 42.5. The van der Waals surface area contributed by atoms with Crippen molar-refractivity contribution in [2.24, 2.45) is 0 Å². The Labute approximate surface area is 171 Å². The highest BCUT2D eigenvalue weighted by Crippen LogP contribution is 2.31. The van der Waals surface area contributed by atoms with Crippen LogP contribution < -0.4 is 0 Å². The number of sulfonamides is 1. The van der Waals surface area contributed by atoms with Crippen LogP contribution in [0.25, 0.3) is 0 Å². The molecule has 2 aromatic rings. The van der Waals surface area contributed by atoms with Crippen LogP contribution in [0.1, 0.15) is 20.7 Å². The van der Waals surface area contributed by atoms with Crippen molar-refractivity contribution in [2.45, 2.75) is 4.90 Å². The Kier molecular flexibility index (Phi) is 5.05. The van der Waals surface area contributed by atoms with Crippen LogP contribution in [0.5, 0.6) is 0 Å². The van der Waals surface area contributed by atoms with E-state index in [4.69, 9.17) is 0 Å². The number of carbonyl (C=O) groups excluding carboxylic acids is 2. The fourth-order valence-electron chi connectivity index (χ4n) is 3.56. The summed E-state index contributed by atoms with van der Waals surface area (Å²) in [6, 6.07) is 6.97. The molecular formula is C18H17N5O6S. The molecule has 4 rings (SSSR count). The van der Waals surface area contributed by atoms with Crippen molar-refractivity contribution in [3.05, 3.63) is 64.0 Å². The average Bonchev–Trinajstić information content (AvgIpc) is 2.99. The predicted octanol–water partition coefficient (Wildman–Crippen LogP) is 0.550. The van der Waals surface area contributed by atoms with Crippen LogP contribution in [0.15, 0.2) is 47.6 Å². The minimum absolute atomic E-state index is 0.00647. The standard InChI is InChI=1S/C18H17N5O6S/c24-17-14-4-1-5-15(23(26)27)16(14)18(25)22(17)12-20-7-9-21(10-8-20)30(28,29)13-3-2-6-19-11-13/h1-6,11H,7-10,12H2. The van der Waals surface area contributed by atoms with E-state index in [0.29, 0.717) is 13.1 Å². The van der Waals surface area contributed by atoms with E-state index in [1.54, 1.807) is 11.0 Å². The SMILES string of the molecule is O=C1c2cccc([N+](=O)[O-])c2C(=O)N1CN1CCN(S(=O)(=O)c2cccnc2)CC1. The van der Waals surface area contributed by atoms with Crippen molar-refractivity contribution in [3.63, 3.8) is 0 Å². The molecule has 12 heteroatoms. The fraction of sp³-hybridized carbons (Fsp3) is 0.278. The second-order valence-electron chi connectivity index (χ2n) is 6.85. The minimum Gasteiger partial charge on any atom is -0.283 e. The first-order valence-electron chi connectivity index (χ1n) is 9.07. The summed E-state index contributed by atoms with van der Waals surface area (Å²) in [5.41, 5.74) is -0.599. The third kappa shape index (κ3) is 3.34. The van der Waals surface area contributed by atoms with E-state index in [2.05, 4.69) is 4.98 Å². The van der Waals surface area contributed by atoms with Gasteiger partial charge in [0.2, 0.25) is 10.0 Å². The molecule has 0 atom stereocenters. The smallest absolute Gasteiger partial charge is 0.282 e. The van der Waals surface area contributed by atoms with Gasteiger partial charge in [-0.1, -0.05) is 6.07 Å². The number of piperazine rings is 1. The van der Waals surface area contributed by atoms with Crippen LogP contribution in [0.4, 0.5) is 5.69 Å². The number of amides is 2. The van der Waals surface area contributed by atoms with Gasteiger partial charge in [0.05, 0.1) is 17.2 Å². The van der Waals surface area contributed by atoms with Crippen molar-refractivity contribution in [2.75, 3.05) is 32.8 Å². The number of fused-ring (bicyclic) bond motifs is 1. The molecule has 0 unspecified atom stereocenters. The summed E-state index contributed by atoms with van der Waals surface area (Å²) in [7, 11) is -3.67. The normalized spacial score (nSPS) is 17.9. The number of nitrogens with zero attached hydrogens (tertiary/aromatic N) is 5. The van der Waals surface area contributed by atoms with Crippen LogP contribution in [0.2, 0.25) is 0 Å². The molecule has 156 valence electrons. The average molecular weight is 431 g/mol. The lowest BCUT2D eigenvalue weighted by atomic mass is 10.1. The zero-order chi connectivity index (χ0) is 21.5. The quantitative estimate of drug-likeness (QED) is 0.381. The van der Waals surface area contributed by atoms with E-state index in [1.165, 1.54) is 41.0 Å². The van der Waals surface area contributed by atoms with E-state index >= 15 is 0 Å². The van der Waals surface area contributed by atoms with Crippen molar-refractivity contribution < 1.29 is 22.9 Å². The summed E-state index contributed by atoms with van der Waals surface area (Å²) in [5, 5.41) is 11.2. The number of benzene rings is 1. The second kappa shape index (κ2) is 7.55. The third-order valence-electron chi connectivity index (χ3n) is 5.12. The number of carbonyl (C=O) groups is 2. The molecule has 1 aromatic heterocycles. The molecule has 0 aliphatic carbocycles. The molecule has 0 bridgehead atoms. The molecule has 1 saturated heterocycles. The topological polar surface area (TPSA) is 134 Å². The molecular weight excluding hydrogens is 414 g/mol. The van der Waals surface area contributed by atoms with E-state index in [0.717, 1.165) is 4.90 Å². The summed E-state index contributed by atoms with van der Waals surface area (Å²) in [6.45, 7) is 0.898. The van der Waals surface area contributed by atoms with Crippen molar-refractivity contribution >= 4 is 27.5 Å². The molecule has 0 saturated carbocycles. The van der Waals surface area contributed by atoms with E-state index < -0.39 is 32.4 Å². The number of rotatable bonds is 5. The Morgan fingerprint density at radius 2 is 1.77 bits per heavy atom. The van der Waals surface area contributed by atoms with Gasteiger partial charge in [-0.25, -0.2) is 8.42 Å². The first-order valence-corrected chi connectivity index (χ1v) is 10.5. The molecule has 1 fully saturated rings. The van der Waals surface area contributed by atoms with Crippen LogP contribution in [0.3, 0.4) is 0 Å². The Hall–Kier alpha value is -3.22. The molecule has 0 N–H and O–H groups in total. The monoisotopic (exact) mass is 431 g/mol. The number of hydrogen-bond acceptors (Lipinski definition) is 8. The van der Waals surface area contributed by atoms with Gasteiger partial charge in [-0.2, -0.15) is 4.31 Å². The van der Waals surface area contributed by atoms with Crippen LogP contribution in [0, 0.1) is 10.1 Å². The van der Waals surface area contributed by atoms with Gasteiger partial charge in [-0.05, 0) is 18.2 Å². The molecule has 3 heterocycles. The molecule has 2 aliphatic heterocycles. The molecule has 11 nitrogen and oxygen atoms in total. The maximum absolute atomic E-state index is 12.7. The third-order valence-corrected chi connectivity index (χ3v) is 7.00. The maximum atomic E-state index is 12.7. The largest absolute Gasteiger partial charge is 0.283 e. The zero-order valence-electron chi connectivity index (χ0n) is 15.7. The number of nitro groups is 1. The Morgan fingerprint density at radius 3 is 2.40 bits per heavy atom. The Bertz CT molecular complexity index is 1130. The van der Waals surface area contributed by atoms with Gasteiger partial charge < -0.3 is 0 Å². The van der Waals surface area contributed by atoms with Gasteiger partial charge in [-0.15, -0.1) is 0 Å². The van der Waals surface area contributed by atoms with E-state index in [-0.39, 0.29) is 35.8 Å². The number of nitro benzene ring substituents is 1. The minimum atomic E-state index is -3.67. The van der Waals surface area contributed by atoms with Crippen molar-refractivity contribution in [1.29, 1.82) is 0 Å². The van der Waals surface area contributed by atoms with Gasteiger partial charge in [0, 0.05) is 44.6 Å². The highest BCUT2D eigenvalue weighted by Gasteiger charge is 2.42.